The number of rotatable bonds is 2. The second-order valence-electron chi connectivity index (χ2n) is 5.40. The number of benzene rings is 1. The molecule has 0 radical (unpaired) electrons. The van der Waals surface area contributed by atoms with Crippen LogP contribution in [-0.4, -0.2) is 31.6 Å². The first-order chi connectivity index (χ1) is 9.98. The van der Waals surface area contributed by atoms with Crippen LogP contribution in [0.1, 0.15) is 35.7 Å². The summed E-state index contributed by atoms with van der Waals surface area (Å²) < 4.78 is 16.1. The fourth-order valence-electron chi connectivity index (χ4n) is 2.90. The first-order valence-corrected chi connectivity index (χ1v) is 6.73. The summed E-state index contributed by atoms with van der Waals surface area (Å²) in [5.41, 5.74) is 0.940. The third kappa shape index (κ3) is 2.00. The van der Waals surface area contributed by atoms with Crippen LogP contribution in [0.25, 0.3) is 5.57 Å². The molecule has 1 heterocycles. The summed E-state index contributed by atoms with van der Waals surface area (Å²) in [6.07, 6.45) is 2.43. The van der Waals surface area contributed by atoms with Gasteiger partial charge in [0.2, 0.25) is 0 Å². The molecule has 0 saturated heterocycles. The van der Waals surface area contributed by atoms with Crippen LogP contribution >= 0.6 is 0 Å². The van der Waals surface area contributed by atoms with Gasteiger partial charge in [-0.1, -0.05) is 0 Å². The molecule has 2 aliphatic rings. The summed E-state index contributed by atoms with van der Waals surface area (Å²) in [6.45, 7) is 1.83. The number of hydrogen-bond donors (Lipinski definition) is 0. The van der Waals surface area contributed by atoms with E-state index in [2.05, 4.69) is 0 Å². The van der Waals surface area contributed by atoms with E-state index in [1.807, 2.05) is 6.92 Å². The highest BCUT2D eigenvalue weighted by Gasteiger charge is 2.44. The minimum Gasteiger partial charge on any atom is -0.497 e. The summed E-state index contributed by atoms with van der Waals surface area (Å²) in [4.78, 5) is 24.1. The highest BCUT2D eigenvalue weighted by Crippen LogP contribution is 2.47. The molecule has 0 fully saturated rings. The molecule has 1 aromatic rings. The molecule has 1 aliphatic heterocycles. The number of ketones is 1. The number of ether oxygens (including phenoxy) is 3. The Bertz CT molecular complexity index is 673. The van der Waals surface area contributed by atoms with Gasteiger partial charge in [0, 0.05) is 23.6 Å². The molecule has 1 unspecified atom stereocenters. The highest BCUT2D eigenvalue weighted by molar-refractivity contribution is 6.08. The van der Waals surface area contributed by atoms with E-state index in [0.717, 1.165) is 0 Å². The van der Waals surface area contributed by atoms with E-state index in [0.29, 0.717) is 41.0 Å². The zero-order chi connectivity index (χ0) is 15.2. The van der Waals surface area contributed by atoms with E-state index < -0.39 is 11.6 Å². The number of allylic oxidation sites excluding steroid dienone is 1. The van der Waals surface area contributed by atoms with Crippen molar-refractivity contribution in [2.75, 3.05) is 14.2 Å². The Hall–Kier alpha value is -2.30. The van der Waals surface area contributed by atoms with Crippen molar-refractivity contribution in [3.05, 3.63) is 29.3 Å². The first kappa shape index (κ1) is 13.7. The van der Waals surface area contributed by atoms with Crippen molar-refractivity contribution in [2.45, 2.75) is 25.4 Å². The standard InChI is InChI=1S/C16H16O5/c1-16-5-4-9(17)6-12(16)11-7-10(19-2)8-13(20-3)14(11)15(18)21-16/h6-8H,4-5H2,1-3H3. The molecule has 5 heteroatoms. The smallest absolute Gasteiger partial charge is 0.343 e. The van der Waals surface area contributed by atoms with Gasteiger partial charge in [-0.15, -0.1) is 0 Å². The Morgan fingerprint density at radius 3 is 2.62 bits per heavy atom. The topological polar surface area (TPSA) is 61.8 Å². The minimum atomic E-state index is -0.768. The van der Waals surface area contributed by atoms with Crippen LogP contribution in [0.5, 0.6) is 11.5 Å². The van der Waals surface area contributed by atoms with Crippen LogP contribution in [0.2, 0.25) is 0 Å². The molecule has 1 atom stereocenters. The molecule has 110 valence electrons. The molecule has 0 amide bonds. The van der Waals surface area contributed by atoms with Crippen LogP contribution in [0.4, 0.5) is 0 Å². The van der Waals surface area contributed by atoms with E-state index in [4.69, 9.17) is 14.2 Å². The Morgan fingerprint density at radius 1 is 1.19 bits per heavy atom. The molecule has 3 rings (SSSR count). The van der Waals surface area contributed by atoms with E-state index in [1.54, 1.807) is 25.3 Å². The number of carbonyl (C=O) groups excluding carboxylic acids is 2. The molecule has 1 aliphatic carbocycles. The maximum atomic E-state index is 12.4. The summed E-state index contributed by atoms with van der Waals surface area (Å²) in [5, 5.41) is 0. The van der Waals surface area contributed by atoms with Crippen LogP contribution in [-0.2, 0) is 9.53 Å². The van der Waals surface area contributed by atoms with Crippen LogP contribution in [0, 0.1) is 0 Å². The Labute approximate surface area is 122 Å². The van der Waals surface area contributed by atoms with E-state index in [1.165, 1.54) is 7.11 Å². The van der Waals surface area contributed by atoms with Gasteiger partial charge in [0.1, 0.15) is 22.7 Å². The van der Waals surface area contributed by atoms with Crippen molar-refractivity contribution >= 4 is 17.3 Å². The Morgan fingerprint density at radius 2 is 1.95 bits per heavy atom. The summed E-state index contributed by atoms with van der Waals surface area (Å²) in [5.74, 6) is 0.559. The average molecular weight is 288 g/mol. The van der Waals surface area contributed by atoms with Crippen molar-refractivity contribution in [1.29, 1.82) is 0 Å². The lowest BCUT2D eigenvalue weighted by atomic mass is 9.77. The lowest BCUT2D eigenvalue weighted by Crippen LogP contribution is -2.40. The highest BCUT2D eigenvalue weighted by atomic mass is 16.6. The van der Waals surface area contributed by atoms with E-state index in [-0.39, 0.29) is 5.78 Å². The van der Waals surface area contributed by atoms with Gasteiger partial charge in [-0.05, 0) is 25.5 Å². The molecule has 0 bridgehead atoms. The molecular formula is C16H16O5. The maximum Gasteiger partial charge on any atom is 0.343 e. The molecule has 0 spiro atoms. The van der Waals surface area contributed by atoms with Gasteiger partial charge in [0.15, 0.2) is 5.78 Å². The second kappa shape index (κ2) is 4.62. The van der Waals surface area contributed by atoms with Gasteiger partial charge in [0.05, 0.1) is 14.2 Å². The van der Waals surface area contributed by atoms with Gasteiger partial charge >= 0.3 is 5.97 Å². The fraction of sp³-hybridized carbons (Fsp3) is 0.375. The van der Waals surface area contributed by atoms with Gasteiger partial charge in [0.25, 0.3) is 0 Å². The molecule has 1 aromatic carbocycles. The number of esters is 1. The van der Waals surface area contributed by atoms with E-state index >= 15 is 0 Å². The number of fused-ring (bicyclic) bond motifs is 3. The third-order valence-electron chi connectivity index (χ3n) is 4.07. The van der Waals surface area contributed by atoms with Crippen molar-refractivity contribution in [1.82, 2.24) is 0 Å². The number of hydrogen-bond acceptors (Lipinski definition) is 5. The monoisotopic (exact) mass is 288 g/mol. The predicted molar refractivity (Wildman–Crippen MR) is 75.6 cm³/mol. The molecule has 0 aromatic heterocycles. The molecule has 21 heavy (non-hydrogen) atoms. The maximum absolute atomic E-state index is 12.4. The number of methoxy groups -OCH3 is 2. The van der Waals surface area contributed by atoms with Gasteiger partial charge in [-0.2, -0.15) is 0 Å². The molecular weight excluding hydrogens is 272 g/mol. The molecule has 0 N–H and O–H groups in total. The van der Waals surface area contributed by atoms with Crippen LogP contribution in [0.15, 0.2) is 18.2 Å². The Balaban J connectivity index is 2.30. The SMILES string of the molecule is COc1cc(OC)c2c(c1)C1=CC(=O)CCC1(C)OC2=O. The van der Waals surface area contributed by atoms with Crippen molar-refractivity contribution in [3.63, 3.8) is 0 Å². The largest absolute Gasteiger partial charge is 0.497 e. The second-order valence-corrected chi connectivity index (χ2v) is 5.40. The van der Waals surface area contributed by atoms with Crippen molar-refractivity contribution in [2.24, 2.45) is 0 Å². The first-order valence-electron chi connectivity index (χ1n) is 6.73. The summed E-state index contributed by atoms with van der Waals surface area (Å²) >= 11 is 0. The predicted octanol–water partition coefficient (Wildman–Crippen LogP) is 2.38. The fourth-order valence-corrected chi connectivity index (χ4v) is 2.90. The van der Waals surface area contributed by atoms with E-state index in [9.17, 15) is 9.59 Å². The summed E-state index contributed by atoms with van der Waals surface area (Å²) in [6, 6.07) is 3.38. The quantitative estimate of drug-likeness (QED) is 0.782. The molecule has 0 saturated carbocycles. The van der Waals surface area contributed by atoms with Gasteiger partial charge in [-0.3, -0.25) is 4.79 Å². The van der Waals surface area contributed by atoms with Gasteiger partial charge < -0.3 is 14.2 Å². The zero-order valence-corrected chi connectivity index (χ0v) is 12.2. The zero-order valence-electron chi connectivity index (χ0n) is 12.2. The minimum absolute atomic E-state index is 0.0353. The average Bonchev–Trinajstić information content (AvgIpc) is 2.47. The van der Waals surface area contributed by atoms with Crippen LogP contribution in [0.3, 0.4) is 0 Å². The lowest BCUT2D eigenvalue weighted by Gasteiger charge is -2.39. The molecule has 5 nitrogen and oxygen atoms in total. The third-order valence-corrected chi connectivity index (χ3v) is 4.07. The van der Waals surface area contributed by atoms with Crippen molar-refractivity contribution < 1.29 is 23.8 Å². The summed E-state index contributed by atoms with van der Waals surface area (Å²) in [7, 11) is 3.03. The normalized spacial score (nSPS) is 23.7. The lowest BCUT2D eigenvalue weighted by molar-refractivity contribution is -0.116. The Kier molecular flexibility index (Phi) is 3.01. The van der Waals surface area contributed by atoms with Crippen LogP contribution < -0.4 is 9.47 Å². The number of carbonyl (C=O) groups is 2. The van der Waals surface area contributed by atoms with Gasteiger partial charge in [-0.25, -0.2) is 4.79 Å². The van der Waals surface area contributed by atoms with Crippen molar-refractivity contribution in [3.8, 4) is 11.5 Å².